The Morgan fingerprint density at radius 2 is 1.76 bits per heavy atom. The number of carboxylic acid groups (broad SMARTS) is 1. The van der Waals surface area contributed by atoms with Crippen molar-refractivity contribution in [2.45, 2.75) is 25.3 Å². The summed E-state index contributed by atoms with van der Waals surface area (Å²) in [7, 11) is 1.65. The van der Waals surface area contributed by atoms with Gasteiger partial charge >= 0.3 is 11.7 Å². The third-order valence-electron chi connectivity index (χ3n) is 5.25. The zero-order valence-corrected chi connectivity index (χ0v) is 15.7. The number of aryl methyl sites for hydroxylation is 1. The van der Waals surface area contributed by atoms with Gasteiger partial charge in [0.25, 0.3) is 0 Å². The van der Waals surface area contributed by atoms with Crippen molar-refractivity contribution in [2.24, 2.45) is 7.05 Å². The van der Waals surface area contributed by atoms with Crippen LogP contribution in [0, 0.1) is 0 Å². The molecule has 8 nitrogen and oxygen atoms in total. The summed E-state index contributed by atoms with van der Waals surface area (Å²) in [5.74, 6) is -1.67. The number of piperidine rings is 1. The van der Waals surface area contributed by atoms with E-state index in [9.17, 15) is 19.2 Å². The summed E-state index contributed by atoms with van der Waals surface area (Å²) < 4.78 is 2.93. The Morgan fingerprint density at radius 3 is 2.41 bits per heavy atom. The number of carbonyl (C=O) groups is 3. The van der Waals surface area contributed by atoms with Crippen LogP contribution in [-0.2, 0) is 27.9 Å². The van der Waals surface area contributed by atoms with Crippen LogP contribution in [0.2, 0.25) is 0 Å². The first kappa shape index (κ1) is 18.7. The number of hydrogen-bond donors (Lipinski definition) is 2. The SMILES string of the molecule is Cn1c(=O)n(C2CCC(=O)NC2=O)c2ccc(-c3ccc(CC(=O)O)cc3)cc21. The summed E-state index contributed by atoms with van der Waals surface area (Å²) in [6.07, 6.45) is 0.444. The van der Waals surface area contributed by atoms with Crippen LogP contribution < -0.4 is 11.0 Å². The van der Waals surface area contributed by atoms with Gasteiger partial charge in [0.05, 0.1) is 17.5 Å². The lowest BCUT2D eigenvalue weighted by Crippen LogP contribution is -2.44. The maximum atomic E-state index is 12.8. The summed E-state index contributed by atoms with van der Waals surface area (Å²) >= 11 is 0. The number of fused-ring (bicyclic) bond motifs is 1. The van der Waals surface area contributed by atoms with Gasteiger partial charge in [0.2, 0.25) is 11.8 Å². The molecule has 1 aliphatic rings. The van der Waals surface area contributed by atoms with Gasteiger partial charge in [-0.05, 0) is 35.2 Å². The molecule has 2 heterocycles. The molecule has 2 N–H and O–H groups in total. The third-order valence-corrected chi connectivity index (χ3v) is 5.25. The first-order valence-corrected chi connectivity index (χ1v) is 9.21. The second kappa shape index (κ2) is 7.05. The number of benzene rings is 2. The quantitative estimate of drug-likeness (QED) is 0.655. The zero-order valence-electron chi connectivity index (χ0n) is 15.7. The minimum atomic E-state index is -0.885. The Hall–Kier alpha value is -3.68. The fraction of sp³-hybridized carbons (Fsp3) is 0.238. The van der Waals surface area contributed by atoms with Crippen molar-refractivity contribution in [1.29, 1.82) is 0 Å². The van der Waals surface area contributed by atoms with Crippen LogP contribution in [0.3, 0.4) is 0 Å². The minimum absolute atomic E-state index is 0.0391. The number of imidazole rings is 1. The van der Waals surface area contributed by atoms with Gasteiger partial charge in [0.1, 0.15) is 6.04 Å². The lowest BCUT2D eigenvalue weighted by molar-refractivity contribution is -0.137. The summed E-state index contributed by atoms with van der Waals surface area (Å²) in [6, 6.07) is 12.0. The third kappa shape index (κ3) is 3.33. The second-order valence-electron chi connectivity index (χ2n) is 7.15. The Morgan fingerprint density at radius 1 is 1.07 bits per heavy atom. The number of carbonyl (C=O) groups excluding carboxylic acids is 2. The van der Waals surface area contributed by atoms with Gasteiger partial charge in [-0.1, -0.05) is 30.3 Å². The van der Waals surface area contributed by atoms with Crippen molar-refractivity contribution in [3.63, 3.8) is 0 Å². The van der Waals surface area contributed by atoms with Crippen molar-refractivity contribution in [1.82, 2.24) is 14.5 Å². The van der Waals surface area contributed by atoms with Gasteiger partial charge in [0, 0.05) is 13.5 Å². The standard InChI is InChI=1S/C21H19N3O5/c1-23-17-11-14(13-4-2-12(3-5-13)10-19(26)27)6-7-15(17)24(21(23)29)16-8-9-18(25)22-20(16)28/h2-7,11,16H,8-10H2,1H3,(H,26,27)(H,22,25,28). The van der Waals surface area contributed by atoms with E-state index in [0.29, 0.717) is 16.6 Å². The van der Waals surface area contributed by atoms with Gasteiger partial charge in [0.15, 0.2) is 0 Å². The van der Waals surface area contributed by atoms with Crippen molar-refractivity contribution in [3.8, 4) is 11.1 Å². The van der Waals surface area contributed by atoms with Crippen LogP contribution in [-0.4, -0.2) is 32.0 Å². The van der Waals surface area contributed by atoms with Gasteiger partial charge < -0.3 is 5.11 Å². The monoisotopic (exact) mass is 393 g/mol. The molecule has 1 fully saturated rings. The largest absolute Gasteiger partial charge is 0.481 e. The number of imide groups is 1. The first-order chi connectivity index (χ1) is 13.8. The van der Waals surface area contributed by atoms with Crippen LogP contribution in [0.1, 0.15) is 24.4 Å². The molecular formula is C21H19N3O5. The highest BCUT2D eigenvalue weighted by Crippen LogP contribution is 2.27. The van der Waals surface area contributed by atoms with Crippen molar-refractivity contribution >= 4 is 28.8 Å². The zero-order chi connectivity index (χ0) is 20.7. The van der Waals surface area contributed by atoms with Gasteiger partial charge in [-0.25, -0.2) is 4.79 Å². The van der Waals surface area contributed by atoms with E-state index in [1.165, 1.54) is 9.13 Å². The number of hydrogen-bond acceptors (Lipinski definition) is 4. The molecule has 0 saturated carbocycles. The van der Waals surface area contributed by atoms with E-state index in [1.807, 2.05) is 24.3 Å². The van der Waals surface area contributed by atoms with E-state index in [2.05, 4.69) is 5.32 Å². The molecule has 2 aromatic carbocycles. The van der Waals surface area contributed by atoms with E-state index in [1.54, 1.807) is 25.2 Å². The fourth-order valence-electron chi connectivity index (χ4n) is 3.76. The van der Waals surface area contributed by atoms with Crippen LogP contribution in [0.5, 0.6) is 0 Å². The van der Waals surface area contributed by atoms with Gasteiger partial charge in [-0.3, -0.25) is 28.8 Å². The molecule has 8 heteroatoms. The first-order valence-electron chi connectivity index (χ1n) is 9.21. The smallest absolute Gasteiger partial charge is 0.329 e. The molecule has 4 rings (SSSR count). The maximum absolute atomic E-state index is 12.8. The highest BCUT2D eigenvalue weighted by molar-refractivity contribution is 6.00. The summed E-state index contributed by atoms with van der Waals surface area (Å²) in [5.41, 5.74) is 3.45. The molecule has 1 aromatic heterocycles. The van der Waals surface area contributed by atoms with Crippen LogP contribution >= 0.6 is 0 Å². The molecule has 1 saturated heterocycles. The Bertz CT molecular complexity index is 1200. The molecule has 1 aliphatic heterocycles. The van der Waals surface area contributed by atoms with E-state index in [4.69, 9.17) is 5.11 Å². The molecule has 1 unspecified atom stereocenters. The topological polar surface area (TPSA) is 110 Å². The number of aromatic nitrogens is 2. The van der Waals surface area contributed by atoms with E-state index in [-0.39, 0.29) is 30.9 Å². The minimum Gasteiger partial charge on any atom is -0.481 e. The Labute approximate surface area is 165 Å². The summed E-state index contributed by atoms with van der Waals surface area (Å²) in [6.45, 7) is 0. The molecule has 3 aromatic rings. The lowest BCUT2D eigenvalue weighted by atomic mass is 10.0. The van der Waals surface area contributed by atoms with Gasteiger partial charge in [-0.15, -0.1) is 0 Å². The van der Waals surface area contributed by atoms with Crippen LogP contribution in [0.15, 0.2) is 47.3 Å². The average molecular weight is 393 g/mol. The number of carboxylic acids is 1. The van der Waals surface area contributed by atoms with Crippen molar-refractivity contribution < 1.29 is 19.5 Å². The van der Waals surface area contributed by atoms with Crippen LogP contribution in [0.25, 0.3) is 22.2 Å². The Balaban J connectivity index is 1.75. The van der Waals surface area contributed by atoms with E-state index < -0.39 is 17.9 Å². The maximum Gasteiger partial charge on any atom is 0.329 e. The number of nitrogens with zero attached hydrogens (tertiary/aromatic N) is 2. The predicted octanol–water partition coefficient (Wildman–Crippen LogP) is 1.61. The number of rotatable bonds is 4. The molecular weight excluding hydrogens is 374 g/mol. The van der Waals surface area contributed by atoms with Crippen LogP contribution in [0.4, 0.5) is 0 Å². The lowest BCUT2D eigenvalue weighted by Gasteiger charge is -2.21. The molecule has 29 heavy (non-hydrogen) atoms. The second-order valence-corrected chi connectivity index (χ2v) is 7.15. The summed E-state index contributed by atoms with van der Waals surface area (Å²) in [4.78, 5) is 47.3. The number of amides is 2. The van der Waals surface area contributed by atoms with Crippen molar-refractivity contribution in [2.75, 3.05) is 0 Å². The average Bonchev–Trinajstić information content (AvgIpc) is 2.93. The highest BCUT2D eigenvalue weighted by Gasteiger charge is 2.31. The molecule has 148 valence electrons. The molecule has 2 amide bonds. The predicted molar refractivity (Wildman–Crippen MR) is 105 cm³/mol. The van der Waals surface area contributed by atoms with Gasteiger partial charge in [-0.2, -0.15) is 0 Å². The fourth-order valence-corrected chi connectivity index (χ4v) is 3.76. The molecule has 0 bridgehead atoms. The number of nitrogens with one attached hydrogen (secondary N) is 1. The normalized spacial score (nSPS) is 16.8. The van der Waals surface area contributed by atoms with Crippen molar-refractivity contribution in [3.05, 3.63) is 58.5 Å². The molecule has 0 aliphatic carbocycles. The summed E-state index contributed by atoms with van der Waals surface area (Å²) in [5, 5.41) is 11.2. The number of aliphatic carboxylic acids is 1. The Kier molecular flexibility index (Phi) is 4.54. The molecule has 0 radical (unpaired) electrons. The van der Waals surface area contributed by atoms with E-state index in [0.717, 1.165) is 11.1 Å². The highest BCUT2D eigenvalue weighted by atomic mass is 16.4. The molecule has 0 spiro atoms. The molecule has 1 atom stereocenters. The van der Waals surface area contributed by atoms with E-state index >= 15 is 0 Å².